The van der Waals surface area contributed by atoms with Crippen LogP contribution in [0.15, 0.2) is 35.2 Å². The Morgan fingerprint density at radius 1 is 1.29 bits per heavy atom. The maximum atomic E-state index is 12.0. The van der Waals surface area contributed by atoms with Crippen molar-refractivity contribution in [3.63, 3.8) is 0 Å². The maximum Gasteiger partial charge on any atom is 0.220 e. The second kappa shape index (κ2) is 7.03. The largest absolute Gasteiger partial charge is 0.361 e. The summed E-state index contributed by atoms with van der Waals surface area (Å²) in [5.41, 5.74) is 3.39. The van der Waals surface area contributed by atoms with Gasteiger partial charge in [-0.25, -0.2) is 4.68 Å². The van der Waals surface area contributed by atoms with Crippen LogP contribution in [0, 0.1) is 13.8 Å². The number of carbonyl (C=O) groups is 1. The van der Waals surface area contributed by atoms with Crippen molar-refractivity contribution in [2.75, 3.05) is 0 Å². The minimum Gasteiger partial charge on any atom is -0.361 e. The zero-order valence-corrected chi connectivity index (χ0v) is 13.6. The Balaban J connectivity index is 1.51. The lowest BCUT2D eigenvalue weighted by molar-refractivity contribution is -0.121. The average molecular weight is 326 g/mol. The van der Waals surface area contributed by atoms with E-state index in [2.05, 4.69) is 25.8 Å². The van der Waals surface area contributed by atoms with Crippen molar-refractivity contribution in [2.45, 2.75) is 33.2 Å². The van der Waals surface area contributed by atoms with Gasteiger partial charge in [-0.3, -0.25) is 9.78 Å². The minimum atomic E-state index is -0.0477. The third-order valence-corrected chi connectivity index (χ3v) is 3.72. The Hall–Kier alpha value is -3.03. The van der Waals surface area contributed by atoms with Crippen molar-refractivity contribution in [1.82, 2.24) is 30.5 Å². The molecule has 0 radical (unpaired) electrons. The van der Waals surface area contributed by atoms with Gasteiger partial charge >= 0.3 is 0 Å². The predicted molar refractivity (Wildman–Crippen MR) is 85.3 cm³/mol. The molecule has 24 heavy (non-hydrogen) atoms. The van der Waals surface area contributed by atoms with E-state index in [9.17, 15) is 4.79 Å². The first-order valence-corrected chi connectivity index (χ1v) is 7.63. The molecule has 3 aromatic heterocycles. The van der Waals surface area contributed by atoms with Crippen molar-refractivity contribution in [3.05, 3.63) is 53.4 Å². The molecule has 0 aliphatic carbocycles. The lowest BCUT2D eigenvalue weighted by Crippen LogP contribution is -2.23. The monoisotopic (exact) mass is 326 g/mol. The third-order valence-electron chi connectivity index (χ3n) is 3.72. The smallest absolute Gasteiger partial charge is 0.220 e. The Bertz CT molecular complexity index is 805. The molecule has 0 unspecified atom stereocenters. The zero-order chi connectivity index (χ0) is 16.9. The molecule has 0 bridgehead atoms. The van der Waals surface area contributed by atoms with Crippen molar-refractivity contribution in [2.24, 2.45) is 0 Å². The second-order valence-electron chi connectivity index (χ2n) is 5.44. The second-order valence-corrected chi connectivity index (χ2v) is 5.44. The number of nitrogens with zero attached hydrogens (tertiary/aromatic N) is 5. The molecule has 0 fully saturated rings. The SMILES string of the molecule is Cc1noc(C)c1CCC(=O)NCc1cn(-c2ccncc2)nn1. The number of hydrogen-bond donors (Lipinski definition) is 1. The van der Waals surface area contributed by atoms with Crippen molar-refractivity contribution in [1.29, 1.82) is 0 Å². The van der Waals surface area contributed by atoms with E-state index in [4.69, 9.17) is 4.52 Å². The Labute approximate surface area is 138 Å². The molecule has 3 rings (SSSR count). The molecule has 1 amide bonds. The molecule has 8 heteroatoms. The van der Waals surface area contributed by atoms with Gasteiger partial charge in [0.25, 0.3) is 0 Å². The van der Waals surface area contributed by atoms with Gasteiger partial charge in [0.2, 0.25) is 5.91 Å². The highest BCUT2D eigenvalue weighted by atomic mass is 16.5. The number of nitrogens with one attached hydrogen (secondary N) is 1. The minimum absolute atomic E-state index is 0.0477. The molecule has 0 spiro atoms. The van der Waals surface area contributed by atoms with Gasteiger partial charge in [0.1, 0.15) is 11.5 Å². The number of amides is 1. The van der Waals surface area contributed by atoms with Gasteiger partial charge in [-0.2, -0.15) is 0 Å². The first-order chi connectivity index (χ1) is 11.6. The van der Waals surface area contributed by atoms with E-state index >= 15 is 0 Å². The van der Waals surface area contributed by atoms with E-state index in [0.29, 0.717) is 25.1 Å². The van der Waals surface area contributed by atoms with Crippen LogP contribution in [0.4, 0.5) is 0 Å². The van der Waals surface area contributed by atoms with E-state index in [0.717, 1.165) is 22.7 Å². The van der Waals surface area contributed by atoms with Gasteiger partial charge < -0.3 is 9.84 Å². The van der Waals surface area contributed by atoms with E-state index in [1.807, 2.05) is 26.0 Å². The molecule has 0 aliphatic heterocycles. The maximum absolute atomic E-state index is 12.0. The molecular formula is C16H18N6O2. The summed E-state index contributed by atoms with van der Waals surface area (Å²) in [6, 6.07) is 3.67. The number of aromatic nitrogens is 5. The fraction of sp³-hybridized carbons (Fsp3) is 0.312. The van der Waals surface area contributed by atoms with Gasteiger partial charge in [-0.15, -0.1) is 5.10 Å². The first-order valence-electron chi connectivity index (χ1n) is 7.63. The highest BCUT2D eigenvalue weighted by Crippen LogP contribution is 2.14. The lowest BCUT2D eigenvalue weighted by atomic mass is 10.1. The number of pyridine rings is 1. The summed E-state index contributed by atoms with van der Waals surface area (Å²) in [5, 5.41) is 14.8. The standard InChI is InChI=1S/C16H18N6O2/c1-11-15(12(2)24-20-11)3-4-16(23)18-9-13-10-22(21-19-13)14-5-7-17-8-6-14/h5-8,10H,3-4,9H2,1-2H3,(H,18,23). The summed E-state index contributed by atoms with van der Waals surface area (Å²) in [6.45, 7) is 4.07. The normalized spacial score (nSPS) is 10.8. The van der Waals surface area contributed by atoms with Gasteiger partial charge in [0.05, 0.1) is 24.1 Å². The average Bonchev–Trinajstić information content (AvgIpc) is 3.19. The number of carbonyl (C=O) groups excluding carboxylic acids is 1. The molecule has 0 aliphatic rings. The highest BCUT2D eigenvalue weighted by molar-refractivity contribution is 5.76. The quantitative estimate of drug-likeness (QED) is 0.737. The third kappa shape index (κ3) is 3.65. The van der Waals surface area contributed by atoms with Gasteiger partial charge in [0, 0.05) is 24.4 Å². The van der Waals surface area contributed by atoms with Gasteiger partial charge in [-0.1, -0.05) is 10.4 Å². The number of rotatable bonds is 6. The van der Waals surface area contributed by atoms with Crippen LogP contribution in [0.5, 0.6) is 0 Å². The van der Waals surface area contributed by atoms with Crippen molar-refractivity contribution in [3.8, 4) is 5.69 Å². The molecule has 124 valence electrons. The van der Waals surface area contributed by atoms with Crippen molar-refractivity contribution < 1.29 is 9.32 Å². The molecule has 3 heterocycles. The molecule has 0 aromatic carbocycles. The zero-order valence-electron chi connectivity index (χ0n) is 13.6. The van der Waals surface area contributed by atoms with Gasteiger partial charge in [-0.05, 0) is 32.4 Å². The summed E-state index contributed by atoms with van der Waals surface area (Å²) in [4.78, 5) is 15.9. The van der Waals surface area contributed by atoms with Crippen LogP contribution in [-0.2, 0) is 17.8 Å². The van der Waals surface area contributed by atoms with E-state index in [-0.39, 0.29) is 5.91 Å². The molecule has 1 N–H and O–H groups in total. The number of hydrogen-bond acceptors (Lipinski definition) is 6. The van der Waals surface area contributed by atoms with E-state index < -0.39 is 0 Å². The van der Waals surface area contributed by atoms with Crippen LogP contribution in [0.1, 0.15) is 29.1 Å². The molecule has 0 saturated heterocycles. The first kappa shape index (κ1) is 15.9. The topological polar surface area (TPSA) is 98.7 Å². The predicted octanol–water partition coefficient (Wildman–Crippen LogP) is 1.52. The van der Waals surface area contributed by atoms with Crippen LogP contribution < -0.4 is 5.32 Å². The molecule has 8 nitrogen and oxygen atoms in total. The summed E-state index contributed by atoms with van der Waals surface area (Å²) in [7, 11) is 0. The Morgan fingerprint density at radius 3 is 2.79 bits per heavy atom. The van der Waals surface area contributed by atoms with Crippen LogP contribution >= 0.6 is 0 Å². The van der Waals surface area contributed by atoms with E-state index in [1.54, 1.807) is 23.3 Å². The molecule has 0 atom stereocenters. The fourth-order valence-electron chi connectivity index (χ4n) is 2.38. The molecule has 3 aromatic rings. The van der Waals surface area contributed by atoms with Crippen LogP contribution in [0.3, 0.4) is 0 Å². The van der Waals surface area contributed by atoms with Crippen molar-refractivity contribution >= 4 is 5.91 Å². The fourth-order valence-corrected chi connectivity index (χ4v) is 2.38. The summed E-state index contributed by atoms with van der Waals surface area (Å²) >= 11 is 0. The summed E-state index contributed by atoms with van der Waals surface area (Å²) in [5.74, 6) is 0.717. The molecule has 0 saturated carbocycles. The Morgan fingerprint density at radius 2 is 2.08 bits per heavy atom. The summed E-state index contributed by atoms with van der Waals surface area (Å²) in [6.07, 6.45) is 6.14. The van der Waals surface area contributed by atoms with Crippen LogP contribution in [0.2, 0.25) is 0 Å². The highest BCUT2D eigenvalue weighted by Gasteiger charge is 2.11. The Kier molecular flexibility index (Phi) is 4.64. The van der Waals surface area contributed by atoms with E-state index in [1.165, 1.54) is 0 Å². The van der Waals surface area contributed by atoms with Crippen LogP contribution in [-0.4, -0.2) is 31.0 Å². The molecular weight excluding hydrogens is 308 g/mol. The van der Waals surface area contributed by atoms with Crippen LogP contribution in [0.25, 0.3) is 5.69 Å². The number of aryl methyl sites for hydroxylation is 2. The van der Waals surface area contributed by atoms with Gasteiger partial charge in [0.15, 0.2) is 0 Å². The summed E-state index contributed by atoms with van der Waals surface area (Å²) < 4.78 is 6.74. The lowest BCUT2D eigenvalue weighted by Gasteiger charge is -2.03.